The highest BCUT2D eigenvalue weighted by Gasteiger charge is 2.13. The fourth-order valence-electron chi connectivity index (χ4n) is 2.83. The summed E-state index contributed by atoms with van der Waals surface area (Å²) < 4.78 is 10.4. The highest BCUT2D eigenvalue weighted by Crippen LogP contribution is 2.17. The van der Waals surface area contributed by atoms with Crippen LogP contribution >= 0.6 is 0 Å². The Bertz CT molecular complexity index is 870. The summed E-state index contributed by atoms with van der Waals surface area (Å²) in [6, 6.07) is 9.83. The SMILES string of the molecule is O=C(CCc1nc(-c2ccco2)no1)NCc1ccc2c(c1)CNC2. The Morgan fingerprint density at radius 2 is 2.16 bits per heavy atom. The van der Waals surface area contributed by atoms with Crippen LogP contribution in [0.4, 0.5) is 0 Å². The van der Waals surface area contributed by atoms with Gasteiger partial charge in [0.25, 0.3) is 0 Å². The number of carbonyl (C=O) groups excluding carboxylic acids is 1. The third-order valence-corrected chi connectivity index (χ3v) is 4.17. The van der Waals surface area contributed by atoms with Crippen LogP contribution in [-0.4, -0.2) is 16.0 Å². The molecule has 0 fully saturated rings. The zero-order chi connectivity index (χ0) is 17.1. The molecular weight excluding hydrogens is 320 g/mol. The molecule has 0 unspecified atom stereocenters. The average molecular weight is 338 g/mol. The lowest BCUT2D eigenvalue weighted by Gasteiger charge is -2.06. The van der Waals surface area contributed by atoms with E-state index >= 15 is 0 Å². The van der Waals surface area contributed by atoms with E-state index in [1.165, 1.54) is 11.1 Å². The normalized spacial score (nSPS) is 13.0. The van der Waals surface area contributed by atoms with Crippen LogP contribution in [0.15, 0.2) is 45.5 Å². The minimum absolute atomic E-state index is 0.0450. The van der Waals surface area contributed by atoms with Crippen molar-refractivity contribution in [3.05, 3.63) is 59.2 Å². The van der Waals surface area contributed by atoms with Gasteiger partial charge in [0.1, 0.15) is 0 Å². The van der Waals surface area contributed by atoms with Crippen molar-refractivity contribution in [3.63, 3.8) is 0 Å². The maximum absolute atomic E-state index is 12.0. The smallest absolute Gasteiger partial charge is 0.238 e. The number of hydrogen-bond donors (Lipinski definition) is 2. The van der Waals surface area contributed by atoms with E-state index in [2.05, 4.69) is 39.0 Å². The minimum atomic E-state index is -0.0450. The van der Waals surface area contributed by atoms with Gasteiger partial charge in [-0.3, -0.25) is 4.79 Å². The number of amides is 1. The van der Waals surface area contributed by atoms with Crippen LogP contribution < -0.4 is 10.6 Å². The molecule has 128 valence electrons. The molecule has 0 saturated carbocycles. The van der Waals surface area contributed by atoms with Crippen molar-refractivity contribution in [1.82, 2.24) is 20.8 Å². The Kier molecular flexibility index (Phi) is 4.30. The summed E-state index contributed by atoms with van der Waals surface area (Å²) in [5.41, 5.74) is 3.75. The number of nitrogens with zero attached hydrogens (tertiary/aromatic N) is 2. The number of furan rings is 1. The van der Waals surface area contributed by atoms with E-state index in [4.69, 9.17) is 8.94 Å². The number of carbonyl (C=O) groups is 1. The van der Waals surface area contributed by atoms with Gasteiger partial charge < -0.3 is 19.6 Å². The summed E-state index contributed by atoms with van der Waals surface area (Å²) in [5.74, 6) is 1.32. The van der Waals surface area contributed by atoms with E-state index in [-0.39, 0.29) is 5.91 Å². The van der Waals surface area contributed by atoms with Crippen LogP contribution in [0.25, 0.3) is 11.6 Å². The van der Waals surface area contributed by atoms with Crippen molar-refractivity contribution in [2.24, 2.45) is 0 Å². The minimum Gasteiger partial charge on any atom is -0.461 e. The molecule has 1 aliphatic rings. The molecule has 7 nitrogen and oxygen atoms in total. The van der Waals surface area contributed by atoms with E-state index in [0.717, 1.165) is 18.7 Å². The number of aromatic nitrogens is 2. The Morgan fingerprint density at radius 1 is 1.24 bits per heavy atom. The maximum Gasteiger partial charge on any atom is 0.238 e. The summed E-state index contributed by atoms with van der Waals surface area (Å²) in [6.07, 6.45) is 2.24. The molecule has 0 bridgehead atoms. The molecule has 7 heteroatoms. The van der Waals surface area contributed by atoms with Crippen molar-refractivity contribution in [3.8, 4) is 11.6 Å². The lowest BCUT2D eigenvalue weighted by Crippen LogP contribution is -2.23. The number of hydrogen-bond acceptors (Lipinski definition) is 6. The lowest BCUT2D eigenvalue weighted by molar-refractivity contribution is -0.121. The van der Waals surface area contributed by atoms with Gasteiger partial charge in [-0.15, -0.1) is 0 Å². The Labute approximate surface area is 144 Å². The van der Waals surface area contributed by atoms with Gasteiger partial charge in [0, 0.05) is 32.5 Å². The van der Waals surface area contributed by atoms with Crippen molar-refractivity contribution in [1.29, 1.82) is 0 Å². The average Bonchev–Trinajstić information content (AvgIpc) is 3.38. The van der Waals surface area contributed by atoms with E-state index < -0.39 is 0 Å². The summed E-state index contributed by atoms with van der Waals surface area (Å²) in [6.45, 7) is 2.34. The second kappa shape index (κ2) is 6.90. The topological polar surface area (TPSA) is 93.2 Å². The Balaban J connectivity index is 1.27. The molecular formula is C18H18N4O3. The number of rotatable bonds is 6. The Hall–Kier alpha value is -2.93. The molecule has 0 saturated heterocycles. The van der Waals surface area contributed by atoms with Crippen LogP contribution in [0.2, 0.25) is 0 Å². The van der Waals surface area contributed by atoms with Gasteiger partial charge in [0.2, 0.25) is 17.6 Å². The highest BCUT2D eigenvalue weighted by molar-refractivity contribution is 5.76. The van der Waals surface area contributed by atoms with E-state index in [9.17, 15) is 4.79 Å². The predicted octanol–water partition coefficient (Wildman–Crippen LogP) is 2.18. The van der Waals surface area contributed by atoms with E-state index in [0.29, 0.717) is 36.9 Å². The molecule has 2 aromatic heterocycles. The predicted molar refractivity (Wildman–Crippen MR) is 89.2 cm³/mol. The number of nitrogens with one attached hydrogen (secondary N) is 2. The molecule has 0 aliphatic carbocycles. The van der Waals surface area contributed by atoms with Crippen molar-refractivity contribution >= 4 is 5.91 Å². The summed E-state index contributed by atoms with van der Waals surface area (Å²) in [5, 5.41) is 10.1. The van der Waals surface area contributed by atoms with Gasteiger partial charge in [0.15, 0.2) is 5.76 Å². The third-order valence-electron chi connectivity index (χ3n) is 4.17. The van der Waals surface area contributed by atoms with Gasteiger partial charge in [-0.1, -0.05) is 23.4 Å². The van der Waals surface area contributed by atoms with Gasteiger partial charge in [-0.05, 0) is 28.8 Å². The van der Waals surface area contributed by atoms with Gasteiger partial charge in [-0.25, -0.2) is 0 Å². The molecule has 0 spiro atoms. The summed E-state index contributed by atoms with van der Waals surface area (Å²) in [4.78, 5) is 16.3. The number of benzene rings is 1. The second-order valence-electron chi connectivity index (χ2n) is 5.97. The summed E-state index contributed by atoms with van der Waals surface area (Å²) >= 11 is 0. The van der Waals surface area contributed by atoms with Crippen LogP contribution in [-0.2, 0) is 30.8 Å². The summed E-state index contributed by atoms with van der Waals surface area (Å²) in [7, 11) is 0. The quantitative estimate of drug-likeness (QED) is 0.715. The molecule has 25 heavy (non-hydrogen) atoms. The van der Waals surface area contributed by atoms with Crippen molar-refractivity contribution in [2.75, 3.05) is 0 Å². The molecule has 0 atom stereocenters. The van der Waals surface area contributed by atoms with E-state index in [1.54, 1.807) is 18.4 Å². The van der Waals surface area contributed by atoms with Gasteiger partial charge in [-0.2, -0.15) is 4.98 Å². The first-order valence-electron chi connectivity index (χ1n) is 8.22. The molecule has 1 aromatic carbocycles. The first kappa shape index (κ1) is 15.6. The second-order valence-corrected chi connectivity index (χ2v) is 5.97. The Morgan fingerprint density at radius 3 is 3.04 bits per heavy atom. The lowest BCUT2D eigenvalue weighted by atomic mass is 10.1. The van der Waals surface area contributed by atoms with Crippen molar-refractivity contribution in [2.45, 2.75) is 32.5 Å². The molecule has 4 rings (SSSR count). The van der Waals surface area contributed by atoms with Crippen LogP contribution in [0.3, 0.4) is 0 Å². The first-order valence-corrected chi connectivity index (χ1v) is 8.22. The van der Waals surface area contributed by atoms with Crippen LogP contribution in [0.5, 0.6) is 0 Å². The fraction of sp³-hybridized carbons (Fsp3) is 0.278. The van der Waals surface area contributed by atoms with Crippen LogP contribution in [0.1, 0.15) is 29.0 Å². The number of fused-ring (bicyclic) bond motifs is 1. The van der Waals surface area contributed by atoms with Gasteiger partial charge >= 0.3 is 0 Å². The van der Waals surface area contributed by atoms with Crippen LogP contribution in [0, 0.1) is 0 Å². The zero-order valence-electron chi connectivity index (χ0n) is 13.6. The third kappa shape index (κ3) is 3.61. The zero-order valence-corrected chi connectivity index (χ0v) is 13.6. The first-order chi connectivity index (χ1) is 12.3. The standard InChI is InChI=1S/C18H18N4O3/c23-16(20-9-12-3-4-13-10-19-11-14(13)8-12)5-6-17-21-18(22-25-17)15-2-1-7-24-15/h1-4,7-8,19H,5-6,9-11H2,(H,20,23). The maximum atomic E-state index is 12.0. The largest absolute Gasteiger partial charge is 0.461 e. The molecule has 3 aromatic rings. The van der Waals surface area contributed by atoms with E-state index in [1.807, 2.05) is 0 Å². The molecule has 1 aliphatic heterocycles. The fourth-order valence-corrected chi connectivity index (χ4v) is 2.83. The molecule has 3 heterocycles. The van der Waals surface area contributed by atoms with Gasteiger partial charge in [0.05, 0.1) is 6.26 Å². The monoisotopic (exact) mass is 338 g/mol. The highest BCUT2D eigenvalue weighted by atomic mass is 16.5. The molecule has 2 N–H and O–H groups in total. The number of aryl methyl sites for hydroxylation is 1. The molecule has 1 amide bonds. The van der Waals surface area contributed by atoms with Crippen molar-refractivity contribution < 1.29 is 13.7 Å². The molecule has 0 radical (unpaired) electrons.